The maximum absolute atomic E-state index is 3.84. The molecule has 0 amide bonds. The third kappa shape index (κ3) is 1.87. The lowest BCUT2D eigenvalue weighted by molar-refractivity contribution is 1.32. The summed E-state index contributed by atoms with van der Waals surface area (Å²) in [5, 5.41) is 0. The average molecular weight is 182 g/mol. The van der Waals surface area contributed by atoms with Crippen LogP contribution in [-0.2, 0) is 0 Å². The minimum absolute atomic E-state index is 0.974. The van der Waals surface area contributed by atoms with Crippen LogP contribution < -0.4 is 0 Å². The highest BCUT2D eigenvalue weighted by Crippen LogP contribution is 1.92. The number of rotatable bonds is 0. The van der Waals surface area contributed by atoms with Crippen molar-refractivity contribution in [3.63, 3.8) is 0 Å². The van der Waals surface area contributed by atoms with Crippen molar-refractivity contribution in [2.75, 3.05) is 0 Å². The van der Waals surface area contributed by atoms with Gasteiger partial charge in [-0.05, 0) is 17.0 Å². The Hall–Kier alpha value is -0.810. The van der Waals surface area contributed by atoms with Crippen molar-refractivity contribution in [2.45, 2.75) is 0 Å². The van der Waals surface area contributed by atoms with Gasteiger partial charge in [0.1, 0.15) is 0 Å². The van der Waals surface area contributed by atoms with E-state index >= 15 is 0 Å². The normalized spacial score (nSPS) is 7.67. The van der Waals surface area contributed by atoms with Gasteiger partial charge in [0, 0.05) is 33.9 Å². The number of nitrogens with zero attached hydrogens (tertiary/aromatic N) is 1. The molecule has 0 radical (unpaired) electrons. The third-order valence-electron chi connectivity index (χ3n) is 0.872. The number of hydrogen-bond acceptors (Lipinski definition) is 1. The number of halogens is 1. The summed E-state index contributed by atoms with van der Waals surface area (Å²) in [7, 11) is 0. The first-order valence-corrected chi connectivity index (χ1v) is 3.24. The topological polar surface area (TPSA) is 12.9 Å². The van der Waals surface area contributed by atoms with E-state index in [1.165, 1.54) is 0 Å². The molecule has 1 aromatic heterocycles. The minimum atomic E-state index is 0.974. The Kier molecular flexibility index (Phi) is 2.29. The van der Waals surface area contributed by atoms with E-state index in [1.807, 2.05) is 12.1 Å². The standard InChI is InChI=1S/C7H4BrN/c8-4-1-7-2-5-9-6-3-7/h2-3,5-6H. The van der Waals surface area contributed by atoms with Gasteiger partial charge in [0.05, 0.1) is 0 Å². The molecule has 0 unspecified atom stereocenters. The van der Waals surface area contributed by atoms with Crippen LogP contribution in [0, 0.1) is 10.8 Å². The van der Waals surface area contributed by atoms with E-state index < -0.39 is 0 Å². The van der Waals surface area contributed by atoms with Gasteiger partial charge in [-0.25, -0.2) is 0 Å². The summed E-state index contributed by atoms with van der Waals surface area (Å²) in [6, 6.07) is 3.71. The lowest BCUT2D eigenvalue weighted by Gasteiger charge is -1.82. The predicted molar refractivity (Wildman–Crippen MR) is 40.0 cm³/mol. The fourth-order valence-electron chi connectivity index (χ4n) is 0.490. The monoisotopic (exact) mass is 181 g/mol. The summed E-state index contributed by atoms with van der Waals surface area (Å²) >= 11 is 3.00. The van der Waals surface area contributed by atoms with Crippen molar-refractivity contribution < 1.29 is 0 Å². The zero-order chi connectivity index (χ0) is 6.53. The van der Waals surface area contributed by atoms with Crippen molar-refractivity contribution >= 4 is 15.9 Å². The van der Waals surface area contributed by atoms with Crippen LogP contribution in [0.3, 0.4) is 0 Å². The van der Waals surface area contributed by atoms with Gasteiger partial charge in [0.15, 0.2) is 0 Å². The van der Waals surface area contributed by atoms with Crippen LogP contribution in [0.15, 0.2) is 24.5 Å². The van der Waals surface area contributed by atoms with E-state index in [9.17, 15) is 0 Å². The molecule has 1 rings (SSSR count). The SMILES string of the molecule is BrC#Cc1ccncc1. The molecule has 0 aromatic carbocycles. The smallest absolute Gasteiger partial charge is 0.0284 e. The van der Waals surface area contributed by atoms with Crippen LogP contribution in [0.2, 0.25) is 0 Å². The second kappa shape index (κ2) is 3.26. The van der Waals surface area contributed by atoms with Crippen LogP contribution in [-0.4, -0.2) is 4.98 Å². The van der Waals surface area contributed by atoms with E-state index in [0.717, 1.165) is 5.56 Å². The van der Waals surface area contributed by atoms with Gasteiger partial charge in [-0.1, -0.05) is 5.92 Å². The Morgan fingerprint density at radius 1 is 1.33 bits per heavy atom. The van der Waals surface area contributed by atoms with E-state index in [4.69, 9.17) is 0 Å². The maximum atomic E-state index is 3.84. The lowest BCUT2D eigenvalue weighted by atomic mass is 10.3. The zero-order valence-corrected chi connectivity index (χ0v) is 6.22. The van der Waals surface area contributed by atoms with E-state index in [2.05, 4.69) is 31.7 Å². The first-order valence-electron chi connectivity index (χ1n) is 2.45. The molecule has 0 bridgehead atoms. The number of hydrogen-bond donors (Lipinski definition) is 0. The van der Waals surface area contributed by atoms with Crippen molar-refractivity contribution in [3.05, 3.63) is 30.1 Å². The molecule has 0 aliphatic carbocycles. The van der Waals surface area contributed by atoms with Crippen LogP contribution in [0.4, 0.5) is 0 Å². The van der Waals surface area contributed by atoms with Gasteiger partial charge in [-0.2, -0.15) is 0 Å². The average Bonchev–Trinajstić information content (AvgIpc) is 1.91. The molecular formula is C7H4BrN. The Balaban J connectivity index is 2.94. The summed E-state index contributed by atoms with van der Waals surface area (Å²) in [6.45, 7) is 0. The second-order valence-corrected chi connectivity index (χ2v) is 1.85. The van der Waals surface area contributed by atoms with Gasteiger partial charge in [-0.15, -0.1) is 0 Å². The van der Waals surface area contributed by atoms with Gasteiger partial charge in [0.2, 0.25) is 0 Å². The molecule has 1 heterocycles. The summed E-state index contributed by atoms with van der Waals surface area (Å²) in [5.74, 6) is 2.83. The van der Waals surface area contributed by atoms with E-state index in [1.54, 1.807) is 12.4 Å². The van der Waals surface area contributed by atoms with Crippen molar-refractivity contribution in [3.8, 4) is 10.8 Å². The van der Waals surface area contributed by atoms with Crippen LogP contribution >= 0.6 is 15.9 Å². The molecule has 0 N–H and O–H groups in total. The predicted octanol–water partition coefficient (Wildman–Crippen LogP) is 1.79. The number of pyridine rings is 1. The fourth-order valence-corrected chi connectivity index (χ4v) is 0.719. The van der Waals surface area contributed by atoms with Gasteiger partial charge in [-0.3, -0.25) is 4.98 Å². The van der Waals surface area contributed by atoms with E-state index in [0.29, 0.717) is 0 Å². The molecule has 0 saturated carbocycles. The minimum Gasteiger partial charge on any atom is -0.265 e. The Morgan fingerprint density at radius 3 is 2.56 bits per heavy atom. The Labute approximate surface area is 62.2 Å². The van der Waals surface area contributed by atoms with Crippen molar-refractivity contribution in [1.82, 2.24) is 4.98 Å². The highest BCUT2D eigenvalue weighted by molar-refractivity contribution is 9.12. The van der Waals surface area contributed by atoms with E-state index in [-0.39, 0.29) is 0 Å². The molecule has 2 heteroatoms. The first kappa shape index (κ1) is 6.31. The Morgan fingerprint density at radius 2 is 2.00 bits per heavy atom. The van der Waals surface area contributed by atoms with Crippen molar-refractivity contribution in [2.24, 2.45) is 0 Å². The summed E-state index contributed by atoms with van der Waals surface area (Å²) in [5.41, 5.74) is 0.974. The number of aromatic nitrogens is 1. The third-order valence-corrected chi connectivity index (χ3v) is 1.07. The van der Waals surface area contributed by atoms with Gasteiger partial charge < -0.3 is 0 Å². The molecule has 1 nitrogen and oxygen atoms in total. The zero-order valence-electron chi connectivity index (χ0n) is 4.63. The van der Waals surface area contributed by atoms with Gasteiger partial charge >= 0.3 is 0 Å². The maximum Gasteiger partial charge on any atom is 0.0284 e. The Bertz CT molecular complexity index is 232. The van der Waals surface area contributed by atoms with Crippen LogP contribution in [0.5, 0.6) is 0 Å². The molecule has 0 atom stereocenters. The second-order valence-electron chi connectivity index (χ2n) is 1.46. The molecule has 0 spiro atoms. The van der Waals surface area contributed by atoms with Crippen LogP contribution in [0.25, 0.3) is 0 Å². The largest absolute Gasteiger partial charge is 0.265 e. The molecule has 44 valence electrons. The lowest BCUT2D eigenvalue weighted by Crippen LogP contribution is -1.71. The van der Waals surface area contributed by atoms with Crippen LogP contribution in [0.1, 0.15) is 5.56 Å². The first-order chi connectivity index (χ1) is 4.43. The quantitative estimate of drug-likeness (QED) is 0.557. The molecule has 9 heavy (non-hydrogen) atoms. The molecule has 0 saturated heterocycles. The van der Waals surface area contributed by atoms with Crippen molar-refractivity contribution in [1.29, 1.82) is 0 Å². The van der Waals surface area contributed by atoms with Gasteiger partial charge in [0.25, 0.3) is 0 Å². The molecule has 0 aliphatic rings. The molecule has 0 aliphatic heterocycles. The fraction of sp³-hybridized carbons (Fsp3) is 0. The molecule has 0 fully saturated rings. The summed E-state index contributed by atoms with van der Waals surface area (Å²) in [4.78, 5) is 6.46. The highest BCUT2D eigenvalue weighted by atomic mass is 79.9. The summed E-state index contributed by atoms with van der Waals surface area (Å²) < 4.78 is 0. The molecule has 1 aromatic rings. The summed E-state index contributed by atoms with van der Waals surface area (Å²) in [6.07, 6.45) is 3.43. The molecular weight excluding hydrogens is 178 g/mol. The highest BCUT2D eigenvalue weighted by Gasteiger charge is 1.78.